The van der Waals surface area contributed by atoms with E-state index in [1.165, 1.54) is 18.6 Å². The molecule has 1 aromatic heterocycles. The van der Waals surface area contributed by atoms with Gasteiger partial charge in [0.2, 0.25) is 5.91 Å². The fourth-order valence-corrected chi connectivity index (χ4v) is 3.75. The van der Waals surface area contributed by atoms with Crippen molar-refractivity contribution in [3.63, 3.8) is 0 Å². The number of rotatable bonds is 5. The number of benzene rings is 1. The van der Waals surface area contributed by atoms with Gasteiger partial charge in [-0.05, 0) is 25.0 Å². The van der Waals surface area contributed by atoms with E-state index in [1.807, 2.05) is 0 Å². The van der Waals surface area contributed by atoms with Crippen molar-refractivity contribution in [3.8, 4) is 0 Å². The molecule has 0 atom stereocenters. The smallest absolute Gasteiger partial charge is 0.274 e. The molecular weight excluding hydrogens is 386 g/mol. The zero-order valence-corrected chi connectivity index (χ0v) is 16.3. The quantitative estimate of drug-likeness (QED) is 0.737. The lowest BCUT2D eigenvalue weighted by atomic mass is 10.0. The maximum atomic E-state index is 12.4. The number of carbonyl (C=O) groups is 4. The number of imide groups is 1. The number of hydrogen-bond donors (Lipinski definition) is 1. The van der Waals surface area contributed by atoms with Crippen LogP contribution in [0.1, 0.15) is 50.5 Å². The molecule has 9 nitrogen and oxygen atoms in total. The van der Waals surface area contributed by atoms with Crippen LogP contribution in [0.4, 0.5) is 0 Å². The molecule has 2 aromatic rings. The van der Waals surface area contributed by atoms with E-state index in [9.17, 15) is 19.2 Å². The predicted molar refractivity (Wildman–Crippen MR) is 106 cm³/mol. The summed E-state index contributed by atoms with van der Waals surface area (Å²) in [5.41, 5.74) is 1.06. The Morgan fingerprint density at radius 3 is 2.30 bits per heavy atom. The lowest BCUT2D eigenvalue weighted by Crippen LogP contribution is -2.47. The van der Waals surface area contributed by atoms with E-state index in [0.29, 0.717) is 42.8 Å². The summed E-state index contributed by atoms with van der Waals surface area (Å²) in [7, 11) is 0. The van der Waals surface area contributed by atoms with Crippen molar-refractivity contribution in [1.29, 1.82) is 0 Å². The number of hydrogen-bond acceptors (Lipinski definition) is 6. The zero-order chi connectivity index (χ0) is 21.1. The number of likely N-dealkylation sites (tertiary alicyclic amines) is 1. The lowest BCUT2D eigenvalue weighted by Gasteiger charge is -2.32. The Balaban J connectivity index is 1.24. The van der Waals surface area contributed by atoms with E-state index in [2.05, 4.69) is 15.3 Å². The zero-order valence-electron chi connectivity index (χ0n) is 16.3. The highest BCUT2D eigenvalue weighted by Crippen LogP contribution is 2.22. The van der Waals surface area contributed by atoms with E-state index >= 15 is 0 Å². The first-order chi connectivity index (χ1) is 14.5. The van der Waals surface area contributed by atoms with Gasteiger partial charge in [0.15, 0.2) is 0 Å². The molecule has 0 bridgehead atoms. The van der Waals surface area contributed by atoms with Crippen LogP contribution in [0.5, 0.6) is 0 Å². The van der Waals surface area contributed by atoms with Gasteiger partial charge in [-0.3, -0.25) is 29.1 Å². The van der Waals surface area contributed by atoms with E-state index < -0.39 is 0 Å². The molecular formula is C21H21N5O4. The number of nitrogens with one attached hydrogen (secondary N) is 1. The highest BCUT2D eigenvalue weighted by atomic mass is 16.2. The summed E-state index contributed by atoms with van der Waals surface area (Å²) in [6.07, 6.45) is 5.74. The average molecular weight is 407 g/mol. The monoisotopic (exact) mass is 407 g/mol. The minimum atomic E-state index is -0.362. The van der Waals surface area contributed by atoms with Crippen LogP contribution in [0.2, 0.25) is 0 Å². The number of nitrogens with zero attached hydrogens (tertiary/aromatic N) is 4. The van der Waals surface area contributed by atoms with Crippen molar-refractivity contribution in [1.82, 2.24) is 25.1 Å². The third-order valence-corrected chi connectivity index (χ3v) is 5.37. The normalized spacial score (nSPS) is 16.5. The Kier molecular flexibility index (Phi) is 5.51. The van der Waals surface area contributed by atoms with Gasteiger partial charge in [-0.25, -0.2) is 4.98 Å². The number of piperidine rings is 1. The molecule has 30 heavy (non-hydrogen) atoms. The molecule has 1 aromatic carbocycles. The van der Waals surface area contributed by atoms with Crippen molar-refractivity contribution in [2.24, 2.45) is 0 Å². The van der Waals surface area contributed by atoms with Gasteiger partial charge in [0.05, 0.1) is 17.3 Å². The largest absolute Gasteiger partial charge is 0.353 e. The van der Waals surface area contributed by atoms with Crippen LogP contribution in [0.3, 0.4) is 0 Å². The molecule has 0 aliphatic carbocycles. The van der Waals surface area contributed by atoms with Gasteiger partial charge < -0.3 is 10.2 Å². The third-order valence-electron chi connectivity index (χ3n) is 5.37. The number of amides is 4. The maximum Gasteiger partial charge on any atom is 0.274 e. The van der Waals surface area contributed by atoms with Crippen LogP contribution >= 0.6 is 0 Å². The van der Waals surface area contributed by atoms with Crippen LogP contribution in [0.15, 0.2) is 42.9 Å². The molecule has 9 heteroatoms. The molecule has 1 saturated heterocycles. The second kappa shape index (κ2) is 8.40. The molecule has 3 heterocycles. The molecule has 4 rings (SSSR count). The summed E-state index contributed by atoms with van der Waals surface area (Å²) >= 11 is 0. The van der Waals surface area contributed by atoms with Crippen LogP contribution in [0, 0.1) is 0 Å². The molecule has 0 saturated carbocycles. The summed E-state index contributed by atoms with van der Waals surface area (Å²) in [5, 5.41) is 2.94. The van der Waals surface area contributed by atoms with Crippen molar-refractivity contribution in [3.05, 3.63) is 59.7 Å². The topological polar surface area (TPSA) is 113 Å². The fraction of sp³-hybridized carbons (Fsp3) is 0.333. The van der Waals surface area contributed by atoms with Gasteiger partial charge >= 0.3 is 0 Å². The van der Waals surface area contributed by atoms with Crippen LogP contribution in [0.25, 0.3) is 0 Å². The highest BCUT2D eigenvalue weighted by molar-refractivity contribution is 6.21. The molecule has 1 N–H and O–H groups in total. The molecule has 154 valence electrons. The van der Waals surface area contributed by atoms with Gasteiger partial charge in [0, 0.05) is 44.5 Å². The molecule has 4 amide bonds. The molecule has 0 spiro atoms. The highest BCUT2D eigenvalue weighted by Gasteiger charge is 2.35. The summed E-state index contributed by atoms with van der Waals surface area (Å²) in [4.78, 5) is 60.2. The second-order valence-electron chi connectivity index (χ2n) is 7.28. The van der Waals surface area contributed by atoms with Crippen molar-refractivity contribution >= 4 is 23.6 Å². The number of carbonyl (C=O) groups excluding carboxylic acids is 4. The fourth-order valence-electron chi connectivity index (χ4n) is 3.75. The molecule has 2 aliphatic heterocycles. The SMILES string of the molecule is O=C(CCN1C(=O)c2ccccc2C1=O)NC1CCN(C(=O)c2cnccn2)CC1. The van der Waals surface area contributed by atoms with Gasteiger partial charge in [0.25, 0.3) is 17.7 Å². The first kappa shape index (κ1) is 19.7. The van der Waals surface area contributed by atoms with E-state index in [0.717, 1.165) is 4.90 Å². The van der Waals surface area contributed by atoms with E-state index in [-0.39, 0.29) is 42.6 Å². The Labute approximate surface area is 173 Å². The van der Waals surface area contributed by atoms with E-state index in [4.69, 9.17) is 0 Å². The minimum Gasteiger partial charge on any atom is -0.353 e. The Hall–Kier alpha value is -3.62. The van der Waals surface area contributed by atoms with Gasteiger partial charge in [-0.1, -0.05) is 12.1 Å². The first-order valence-corrected chi connectivity index (χ1v) is 9.84. The minimum absolute atomic E-state index is 0.0438. The van der Waals surface area contributed by atoms with Crippen molar-refractivity contribution < 1.29 is 19.2 Å². The van der Waals surface area contributed by atoms with Gasteiger partial charge in [-0.2, -0.15) is 0 Å². The molecule has 0 unspecified atom stereocenters. The van der Waals surface area contributed by atoms with Crippen LogP contribution in [-0.2, 0) is 4.79 Å². The van der Waals surface area contributed by atoms with Gasteiger partial charge in [0.1, 0.15) is 5.69 Å². The molecule has 1 fully saturated rings. The number of aromatic nitrogens is 2. The van der Waals surface area contributed by atoms with Crippen LogP contribution < -0.4 is 5.32 Å². The van der Waals surface area contributed by atoms with Gasteiger partial charge in [-0.15, -0.1) is 0 Å². The summed E-state index contributed by atoms with van der Waals surface area (Å²) in [6, 6.07) is 6.60. The molecule has 2 aliphatic rings. The average Bonchev–Trinajstić information content (AvgIpc) is 3.03. The Morgan fingerprint density at radius 2 is 1.70 bits per heavy atom. The lowest BCUT2D eigenvalue weighted by molar-refractivity contribution is -0.122. The summed E-state index contributed by atoms with van der Waals surface area (Å²) in [6.45, 7) is 1.07. The maximum absolute atomic E-state index is 12.4. The van der Waals surface area contributed by atoms with E-state index in [1.54, 1.807) is 29.2 Å². The van der Waals surface area contributed by atoms with Crippen LogP contribution in [-0.4, -0.2) is 69.1 Å². The van der Waals surface area contributed by atoms with Crippen molar-refractivity contribution in [2.45, 2.75) is 25.3 Å². The first-order valence-electron chi connectivity index (χ1n) is 9.84. The Morgan fingerprint density at radius 1 is 1.03 bits per heavy atom. The Bertz CT molecular complexity index is 951. The molecule has 0 radical (unpaired) electrons. The summed E-state index contributed by atoms with van der Waals surface area (Å²) < 4.78 is 0. The number of fused-ring (bicyclic) bond motifs is 1. The predicted octanol–water partition coefficient (Wildman–Crippen LogP) is 0.884. The summed E-state index contributed by atoms with van der Waals surface area (Å²) in [5.74, 6) is -1.11. The van der Waals surface area contributed by atoms with Crippen molar-refractivity contribution in [2.75, 3.05) is 19.6 Å². The third kappa shape index (κ3) is 3.91. The standard InChI is InChI=1S/C21H21N5O4/c27-18(7-12-26-19(28)15-3-1-2-4-16(15)20(26)29)24-14-5-10-25(11-6-14)21(30)17-13-22-8-9-23-17/h1-4,8-9,13-14H,5-7,10-12H2,(H,24,27). The second-order valence-corrected chi connectivity index (χ2v) is 7.28.